The third-order valence-corrected chi connectivity index (χ3v) is 2.82. The van der Waals surface area contributed by atoms with E-state index in [0.717, 1.165) is 5.56 Å². The lowest BCUT2D eigenvalue weighted by molar-refractivity contribution is -0.117. The Kier molecular flexibility index (Phi) is 3.56. The summed E-state index contributed by atoms with van der Waals surface area (Å²) in [5.74, 6) is -0.523. The summed E-state index contributed by atoms with van der Waals surface area (Å²) in [4.78, 5) is 11.9. The van der Waals surface area contributed by atoms with Crippen molar-refractivity contribution < 1.29 is 14.8 Å². The van der Waals surface area contributed by atoms with Crippen molar-refractivity contribution in [1.82, 2.24) is 0 Å². The van der Waals surface area contributed by atoms with Crippen LogP contribution in [0, 0.1) is 5.92 Å². The van der Waals surface area contributed by atoms with Crippen molar-refractivity contribution in [3.05, 3.63) is 59.6 Å². The molecule has 17 heavy (non-hydrogen) atoms. The second kappa shape index (κ2) is 5.12. The standard InChI is InChI=1S/C13H13BO3/c15-13-11(7-4-8-12(13)14(16)17)9-10-5-2-1-3-6-10/h1-8,11,16-17H,9H2. The van der Waals surface area contributed by atoms with E-state index >= 15 is 0 Å². The number of rotatable bonds is 3. The number of Topliss-reactive ketones (excluding diaryl/α,β-unsaturated/α-hetero) is 1. The Morgan fingerprint density at radius 1 is 1.18 bits per heavy atom. The predicted molar refractivity (Wildman–Crippen MR) is 66.1 cm³/mol. The number of ketones is 1. The molecule has 1 aliphatic carbocycles. The molecule has 86 valence electrons. The summed E-state index contributed by atoms with van der Waals surface area (Å²) >= 11 is 0. The van der Waals surface area contributed by atoms with Crippen molar-refractivity contribution in [2.24, 2.45) is 5.92 Å². The van der Waals surface area contributed by atoms with Crippen molar-refractivity contribution >= 4 is 12.9 Å². The molecule has 0 aromatic heterocycles. The zero-order valence-electron chi connectivity index (χ0n) is 9.28. The van der Waals surface area contributed by atoms with Gasteiger partial charge in [-0.05, 0) is 12.0 Å². The lowest BCUT2D eigenvalue weighted by Crippen LogP contribution is -2.29. The van der Waals surface area contributed by atoms with E-state index in [1.807, 2.05) is 30.3 Å². The van der Waals surface area contributed by atoms with Crippen LogP contribution in [0.1, 0.15) is 5.56 Å². The molecule has 4 heteroatoms. The van der Waals surface area contributed by atoms with Crippen LogP contribution in [-0.4, -0.2) is 22.9 Å². The fraction of sp³-hybridized carbons (Fsp3) is 0.154. The van der Waals surface area contributed by atoms with Crippen LogP contribution in [0.2, 0.25) is 0 Å². The molecule has 0 amide bonds. The molecule has 1 atom stereocenters. The Hall–Kier alpha value is -1.65. The maximum Gasteiger partial charge on any atom is 0.492 e. The van der Waals surface area contributed by atoms with Crippen LogP contribution in [0.3, 0.4) is 0 Å². The largest absolute Gasteiger partial charge is 0.492 e. The van der Waals surface area contributed by atoms with Crippen molar-refractivity contribution in [2.75, 3.05) is 0 Å². The zero-order valence-corrected chi connectivity index (χ0v) is 9.28. The molecular formula is C13H13BO3. The lowest BCUT2D eigenvalue weighted by Gasteiger charge is -2.16. The van der Waals surface area contributed by atoms with E-state index in [0.29, 0.717) is 6.42 Å². The minimum Gasteiger partial charge on any atom is -0.423 e. The van der Waals surface area contributed by atoms with E-state index in [-0.39, 0.29) is 17.2 Å². The Balaban J connectivity index is 2.12. The average molecular weight is 228 g/mol. The Labute approximate surface area is 100 Å². The normalized spacial score (nSPS) is 19.1. The fourth-order valence-corrected chi connectivity index (χ4v) is 1.92. The maximum absolute atomic E-state index is 11.9. The molecule has 3 nitrogen and oxygen atoms in total. The van der Waals surface area contributed by atoms with Crippen molar-refractivity contribution in [2.45, 2.75) is 6.42 Å². The Morgan fingerprint density at radius 3 is 2.53 bits per heavy atom. The van der Waals surface area contributed by atoms with E-state index in [4.69, 9.17) is 10.0 Å². The van der Waals surface area contributed by atoms with Gasteiger partial charge in [-0.1, -0.05) is 48.6 Å². The SMILES string of the molecule is O=C1C(B(O)O)=CC=CC1Cc1ccccc1. The molecule has 0 heterocycles. The van der Waals surface area contributed by atoms with Gasteiger partial charge < -0.3 is 10.0 Å². The summed E-state index contributed by atoms with van der Waals surface area (Å²) in [7, 11) is -1.69. The predicted octanol–water partition coefficient (Wildman–Crippen LogP) is 0.923. The highest BCUT2D eigenvalue weighted by atomic mass is 16.4. The zero-order chi connectivity index (χ0) is 12.3. The molecule has 1 aromatic rings. The summed E-state index contributed by atoms with van der Waals surface area (Å²) in [5.41, 5.74) is 1.12. The minimum atomic E-state index is -1.69. The Morgan fingerprint density at radius 2 is 1.88 bits per heavy atom. The number of carbonyl (C=O) groups is 1. The molecule has 0 fully saturated rings. The highest BCUT2D eigenvalue weighted by molar-refractivity contribution is 6.59. The molecule has 0 saturated heterocycles. The van der Waals surface area contributed by atoms with Crippen LogP contribution in [0.4, 0.5) is 0 Å². The average Bonchev–Trinajstić information content (AvgIpc) is 2.33. The van der Waals surface area contributed by atoms with Gasteiger partial charge in [-0.25, -0.2) is 0 Å². The molecule has 1 unspecified atom stereocenters. The summed E-state index contributed by atoms with van der Waals surface area (Å²) in [6.07, 6.45) is 5.53. The maximum atomic E-state index is 11.9. The molecule has 2 N–H and O–H groups in total. The first-order valence-corrected chi connectivity index (χ1v) is 5.51. The van der Waals surface area contributed by atoms with E-state index in [1.54, 1.807) is 12.2 Å². The van der Waals surface area contributed by atoms with Gasteiger partial charge in [0.05, 0.1) is 0 Å². The van der Waals surface area contributed by atoms with Gasteiger partial charge in [-0.2, -0.15) is 0 Å². The lowest BCUT2D eigenvalue weighted by atomic mass is 9.70. The van der Waals surface area contributed by atoms with Gasteiger partial charge in [0.25, 0.3) is 0 Å². The van der Waals surface area contributed by atoms with Gasteiger partial charge in [-0.15, -0.1) is 0 Å². The number of benzene rings is 1. The van der Waals surface area contributed by atoms with Crippen LogP contribution in [0.15, 0.2) is 54.0 Å². The molecule has 0 bridgehead atoms. The van der Waals surface area contributed by atoms with Crippen molar-refractivity contribution in [3.63, 3.8) is 0 Å². The smallest absolute Gasteiger partial charge is 0.423 e. The monoisotopic (exact) mass is 228 g/mol. The van der Waals surface area contributed by atoms with Gasteiger partial charge in [0, 0.05) is 11.4 Å². The summed E-state index contributed by atoms with van der Waals surface area (Å²) < 4.78 is 0. The molecule has 0 saturated carbocycles. The van der Waals surface area contributed by atoms with Crippen molar-refractivity contribution in [1.29, 1.82) is 0 Å². The second-order valence-electron chi connectivity index (χ2n) is 4.04. The first-order valence-electron chi connectivity index (χ1n) is 5.51. The van der Waals surface area contributed by atoms with Crippen LogP contribution < -0.4 is 0 Å². The highest BCUT2D eigenvalue weighted by Gasteiger charge is 2.29. The van der Waals surface area contributed by atoms with Gasteiger partial charge >= 0.3 is 7.12 Å². The van der Waals surface area contributed by atoms with Crippen LogP contribution in [0.5, 0.6) is 0 Å². The van der Waals surface area contributed by atoms with E-state index in [9.17, 15) is 4.79 Å². The molecule has 0 radical (unpaired) electrons. The number of hydrogen-bond acceptors (Lipinski definition) is 3. The molecule has 1 aromatic carbocycles. The van der Waals surface area contributed by atoms with Crippen molar-refractivity contribution in [3.8, 4) is 0 Å². The Bertz CT molecular complexity index is 463. The molecule has 0 aliphatic heterocycles. The molecule has 0 spiro atoms. The number of allylic oxidation sites excluding steroid dienone is 4. The topological polar surface area (TPSA) is 57.5 Å². The quantitative estimate of drug-likeness (QED) is 0.756. The molecular weight excluding hydrogens is 215 g/mol. The first-order chi connectivity index (χ1) is 8.18. The highest BCUT2D eigenvalue weighted by Crippen LogP contribution is 2.19. The van der Waals surface area contributed by atoms with Crippen LogP contribution in [0.25, 0.3) is 0 Å². The summed E-state index contributed by atoms with van der Waals surface area (Å²) in [6, 6.07) is 9.67. The van der Waals surface area contributed by atoms with Crippen LogP contribution >= 0.6 is 0 Å². The van der Waals surface area contributed by atoms with E-state index in [2.05, 4.69) is 0 Å². The summed E-state index contributed by atoms with van der Waals surface area (Å²) in [5, 5.41) is 18.1. The minimum absolute atomic E-state index is 0.0634. The second-order valence-corrected chi connectivity index (χ2v) is 4.04. The fourth-order valence-electron chi connectivity index (χ4n) is 1.92. The van der Waals surface area contributed by atoms with Gasteiger partial charge in [-0.3, -0.25) is 4.79 Å². The van der Waals surface area contributed by atoms with Gasteiger partial charge in [0.1, 0.15) is 0 Å². The molecule has 1 aliphatic rings. The van der Waals surface area contributed by atoms with Crippen LogP contribution in [-0.2, 0) is 11.2 Å². The number of carbonyl (C=O) groups excluding carboxylic acids is 1. The first kappa shape index (κ1) is 11.8. The van der Waals surface area contributed by atoms with Gasteiger partial charge in [0.15, 0.2) is 5.78 Å². The third-order valence-electron chi connectivity index (χ3n) is 2.82. The van der Waals surface area contributed by atoms with Gasteiger partial charge in [0.2, 0.25) is 0 Å². The van der Waals surface area contributed by atoms with E-state index < -0.39 is 7.12 Å². The number of hydrogen-bond donors (Lipinski definition) is 2. The summed E-state index contributed by atoms with van der Waals surface area (Å²) in [6.45, 7) is 0. The third kappa shape index (κ3) is 2.73. The van der Waals surface area contributed by atoms with E-state index in [1.165, 1.54) is 6.08 Å². The molecule has 2 rings (SSSR count).